The number of carbonyl (C=O) groups is 1. The lowest BCUT2D eigenvalue weighted by Gasteiger charge is -2.34. The number of rotatable bonds is 5. The minimum atomic E-state index is -4.51. The number of hydrogen-bond donors (Lipinski definition) is 1. The number of alkyl halides is 3. The van der Waals surface area contributed by atoms with Crippen molar-refractivity contribution < 1.29 is 18.0 Å². The van der Waals surface area contributed by atoms with E-state index >= 15 is 0 Å². The molecule has 0 bridgehead atoms. The first-order valence-electron chi connectivity index (χ1n) is 12.7. The largest absolute Gasteiger partial charge is 0.416 e. The molecule has 1 amide bonds. The number of aromatic nitrogens is 2. The van der Waals surface area contributed by atoms with Gasteiger partial charge in [-0.3, -0.25) is 9.69 Å². The molecule has 0 unspecified atom stereocenters. The molecule has 2 aliphatic heterocycles. The number of likely N-dealkylation sites (N-methyl/N-ethyl adjacent to an activating group) is 1. The summed E-state index contributed by atoms with van der Waals surface area (Å²) < 4.78 is 41.1. The molecule has 2 aliphatic rings. The van der Waals surface area contributed by atoms with Crippen LogP contribution in [0.25, 0.3) is 0 Å². The van der Waals surface area contributed by atoms with Crippen molar-refractivity contribution in [2.75, 3.05) is 50.0 Å². The molecule has 2 aromatic carbocycles. The molecular formula is C28H31F3N6O. The minimum absolute atomic E-state index is 0.142. The van der Waals surface area contributed by atoms with Crippen molar-refractivity contribution in [3.8, 4) is 0 Å². The highest BCUT2D eigenvalue weighted by Gasteiger charge is 2.32. The number of fused-ring (bicyclic) bond motifs is 1. The Morgan fingerprint density at radius 3 is 2.50 bits per heavy atom. The van der Waals surface area contributed by atoms with Crippen LogP contribution in [0.5, 0.6) is 0 Å². The molecule has 0 aliphatic carbocycles. The summed E-state index contributed by atoms with van der Waals surface area (Å²) in [5, 5.41) is 2.72. The predicted molar refractivity (Wildman–Crippen MR) is 140 cm³/mol. The van der Waals surface area contributed by atoms with Gasteiger partial charge >= 0.3 is 6.18 Å². The van der Waals surface area contributed by atoms with Gasteiger partial charge in [0.2, 0.25) is 0 Å². The van der Waals surface area contributed by atoms with Crippen LogP contribution in [0.4, 0.5) is 24.5 Å². The fourth-order valence-corrected chi connectivity index (χ4v) is 5.20. The number of halogens is 3. The van der Waals surface area contributed by atoms with Crippen LogP contribution in [0.2, 0.25) is 0 Å². The van der Waals surface area contributed by atoms with Gasteiger partial charge in [-0.1, -0.05) is 13.0 Å². The minimum Gasteiger partial charge on any atom is -0.364 e. The first kappa shape index (κ1) is 26.1. The van der Waals surface area contributed by atoms with Gasteiger partial charge in [0.15, 0.2) is 0 Å². The second-order valence-corrected chi connectivity index (χ2v) is 10.2. The molecule has 1 aromatic heterocycles. The fourth-order valence-electron chi connectivity index (χ4n) is 5.20. The van der Waals surface area contributed by atoms with Crippen LogP contribution in [0, 0.1) is 0 Å². The third kappa shape index (κ3) is 5.97. The molecule has 1 N–H and O–H groups in total. The number of amides is 1. The topological polar surface area (TPSA) is 64.6 Å². The molecule has 1 atom stereocenters. The highest BCUT2D eigenvalue weighted by Crippen LogP contribution is 2.34. The zero-order valence-electron chi connectivity index (χ0n) is 21.5. The Morgan fingerprint density at radius 1 is 1.05 bits per heavy atom. The molecule has 10 heteroatoms. The number of nitrogens with one attached hydrogen (secondary N) is 1. The summed E-state index contributed by atoms with van der Waals surface area (Å²) in [7, 11) is 2.03. The van der Waals surface area contributed by atoms with E-state index in [2.05, 4.69) is 36.9 Å². The average Bonchev–Trinajstić information content (AvgIpc) is 2.89. The van der Waals surface area contributed by atoms with Gasteiger partial charge in [-0.25, -0.2) is 9.97 Å². The fraction of sp³-hybridized carbons (Fsp3) is 0.393. The van der Waals surface area contributed by atoms with Gasteiger partial charge in [0.25, 0.3) is 5.91 Å². The highest BCUT2D eigenvalue weighted by molar-refractivity contribution is 6.04. The van der Waals surface area contributed by atoms with E-state index in [4.69, 9.17) is 0 Å². The molecule has 200 valence electrons. The van der Waals surface area contributed by atoms with Crippen molar-refractivity contribution >= 4 is 17.3 Å². The summed E-state index contributed by atoms with van der Waals surface area (Å²) in [5.41, 5.74) is 3.36. The number of hydrogen-bond acceptors (Lipinski definition) is 6. The molecule has 38 heavy (non-hydrogen) atoms. The third-order valence-electron chi connectivity index (χ3n) is 7.28. The van der Waals surface area contributed by atoms with E-state index < -0.39 is 17.6 Å². The van der Waals surface area contributed by atoms with Crippen molar-refractivity contribution in [1.29, 1.82) is 0 Å². The summed E-state index contributed by atoms with van der Waals surface area (Å²) in [5.74, 6) is -0.206. The van der Waals surface area contributed by atoms with Crippen molar-refractivity contribution in [3.63, 3.8) is 0 Å². The highest BCUT2D eigenvalue weighted by atomic mass is 19.4. The van der Waals surface area contributed by atoms with Crippen molar-refractivity contribution in [3.05, 3.63) is 82.9 Å². The number of nitrogens with zero attached hydrogens (tertiary/aromatic N) is 5. The molecule has 1 saturated heterocycles. The van der Waals surface area contributed by atoms with Crippen LogP contribution in [0.1, 0.15) is 45.5 Å². The molecule has 0 saturated carbocycles. The van der Waals surface area contributed by atoms with Gasteiger partial charge in [0.1, 0.15) is 6.33 Å². The summed E-state index contributed by atoms with van der Waals surface area (Å²) in [6.45, 7) is 7.22. The van der Waals surface area contributed by atoms with E-state index in [0.717, 1.165) is 55.6 Å². The first-order chi connectivity index (χ1) is 18.2. The summed E-state index contributed by atoms with van der Waals surface area (Å²) in [6.07, 6.45) is 0.491. The molecule has 3 heterocycles. The van der Waals surface area contributed by atoms with Crippen LogP contribution in [-0.2, 0) is 19.3 Å². The maximum absolute atomic E-state index is 13.7. The molecule has 1 fully saturated rings. The van der Waals surface area contributed by atoms with Gasteiger partial charge < -0.3 is 15.1 Å². The Labute approximate surface area is 220 Å². The van der Waals surface area contributed by atoms with Gasteiger partial charge in [-0.2, -0.15) is 13.2 Å². The van der Waals surface area contributed by atoms with Crippen LogP contribution >= 0.6 is 0 Å². The standard InChI is InChI=1S/C28H31F3N6O/c1-19-15-37(25-13-32-18-33-14-25)17-22-11-21(3-4-26(19)22)27(38)34-24-10-20(9-23(12-24)28(29,30)31)16-36-7-5-35(2)6-8-36/h3-4,9-14,18-19H,5-8,15-17H2,1-2H3,(H,34,38)/t19-/m0/s1. The Balaban J connectivity index is 1.36. The van der Waals surface area contributed by atoms with E-state index in [9.17, 15) is 18.0 Å². The average molecular weight is 525 g/mol. The molecule has 0 radical (unpaired) electrons. The number of piperazine rings is 1. The van der Waals surface area contributed by atoms with Crippen LogP contribution in [-0.4, -0.2) is 65.4 Å². The smallest absolute Gasteiger partial charge is 0.364 e. The van der Waals surface area contributed by atoms with E-state index in [0.29, 0.717) is 24.2 Å². The molecule has 7 nitrogen and oxygen atoms in total. The van der Waals surface area contributed by atoms with Crippen molar-refractivity contribution in [2.45, 2.75) is 32.1 Å². The summed E-state index contributed by atoms with van der Waals surface area (Å²) in [4.78, 5) is 27.9. The number of benzene rings is 2. The van der Waals surface area contributed by atoms with E-state index in [1.165, 1.54) is 12.4 Å². The zero-order chi connectivity index (χ0) is 26.9. The second-order valence-electron chi connectivity index (χ2n) is 10.2. The number of carbonyl (C=O) groups excluding carboxylic acids is 1. The van der Waals surface area contributed by atoms with Crippen molar-refractivity contribution in [1.82, 2.24) is 19.8 Å². The van der Waals surface area contributed by atoms with Crippen LogP contribution < -0.4 is 10.2 Å². The van der Waals surface area contributed by atoms with E-state index in [-0.39, 0.29) is 11.6 Å². The summed E-state index contributed by atoms with van der Waals surface area (Å²) in [6, 6.07) is 9.33. The predicted octanol–water partition coefficient (Wildman–Crippen LogP) is 4.62. The van der Waals surface area contributed by atoms with E-state index in [1.54, 1.807) is 24.5 Å². The zero-order valence-corrected chi connectivity index (χ0v) is 21.5. The lowest BCUT2D eigenvalue weighted by molar-refractivity contribution is -0.137. The van der Waals surface area contributed by atoms with Gasteiger partial charge in [-0.05, 0) is 60.0 Å². The SMILES string of the molecule is C[C@H]1CN(c2cncnc2)Cc2cc(C(=O)Nc3cc(CN4CCN(C)CC4)cc(C(F)(F)F)c3)ccc21. The molecule has 0 spiro atoms. The molecular weight excluding hydrogens is 493 g/mol. The maximum atomic E-state index is 13.7. The van der Waals surface area contributed by atoms with Gasteiger partial charge in [0.05, 0.1) is 23.6 Å². The number of anilines is 2. The second kappa shape index (κ2) is 10.7. The Bertz CT molecular complexity index is 1290. The summed E-state index contributed by atoms with van der Waals surface area (Å²) >= 11 is 0. The third-order valence-corrected chi connectivity index (χ3v) is 7.28. The van der Waals surface area contributed by atoms with Gasteiger partial charge in [0, 0.05) is 57.1 Å². The maximum Gasteiger partial charge on any atom is 0.416 e. The Morgan fingerprint density at radius 2 is 1.79 bits per heavy atom. The van der Waals surface area contributed by atoms with Crippen molar-refractivity contribution in [2.24, 2.45) is 0 Å². The Hall–Kier alpha value is -3.50. The first-order valence-corrected chi connectivity index (χ1v) is 12.7. The molecule has 5 rings (SSSR count). The normalized spacial score (nSPS) is 18.8. The van der Waals surface area contributed by atoms with Gasteiger partial charge in [-0.15, -0.1) is 0 Å². The Kier molecular flexibility index (Phi) is 7.36. The van der Waals surface area contributed by atoms with Crippen LogP contribution in [0.15, 0.2) is 55.1 Å². The molecule has 3 aromatic rings. The lowest BCUT2D eigenvalue weighted by atomic mass is 9.89. The van der Waals surface area contributed by atoms with E-state index in [1.807, 2.05) is 19.2 Å². The van der Waals surface area contributed by atoms with Crippen LogP contribution in [0.3, 0.4) is 0 Å². The lowest BCUT2D eigenvalue weighted by Crippen LogP contribution is -2.43. The quantitative estimate of drug-likeness (QED) is 0.526. The monoisotopic (exact) mass is 524 g/mol.